The van der Waals surface area contributed by atoms with E-state index in [1.807, 2.05) is 0 Å². The second-order valence-corrected chi connectivity index (χ2v) is 16.9. The van der Waals surface area contributed by atoms with E-state index in [4.69, 9.17) is 0 Å². The molecule has 56 heavy (non-hydrogen) atoms. The fourth-order valence-corrected chi connectivity index (χ4v) is 9.20. The highest BCUT2D eigenvalue weighted by Gasteiger charge is 2.36. The van der Waals surface area contributed by atoms with Gasteiger partial charge in [0.1, 0.15) is 0 Å². The zero-order valence-electron chi connectivity index (χ0n) is 33.7. The molecule has 0 saturated carbocycles. The second-order valence-electron chi connectivity index (χ2n) is 16.9. The molecule has 1 aliphatic heterocycles. The van der Waals surface area contributed by atoms with Crippen molar-refractivity contribution in [3.63, 3.8) is 0 Å². The van der Waals surface area contributed by atoms with Crippen molar-refractivity contribution in [3.8, 4) is 27.9 Å². The first-order valence-corrected chi connectivity index (χ1v) is 20.5. The zero-order chi connectivity index (χ0) is 38.6. The van der Waals surface area contributed by atoms with Crippen LogP contribution < -0.4 is 4.90 Å². The van der Waals surface area contributed by atoms with Crippen LogP contribution in [0.15, 0.2) is 163 Å². The molecule has 0 unspecified atom stereocenters. The van der Waals surface area contributed by atoms with E-state index in [0.717, 1.165) is 25.7 Å². The molecule has 0 radical (unpaired) electrons. The van der Waals surface area contributed by atoms with E-state index in [9.17, 15) is 0 Å². The molecule has 2 heterocycles. The highest BCUT2D eigenvalue weighted by Crippen LogP contribution is 2.50. The summed E-state index contributed by atoms with van der Waals surface area (Å²) >= 11 is 0. The van der Waals surface area contributed by atoms with Crippen molar-refractivity contribution in [1.29, 1.82) is 0 Å². The average Bonchev–Trinajstić information content (AvgIpc) is 3.57. The van der Waals surface area contributed by atoms with Crippen LogP contribution in [0.4, 0.5) is 11.4 Å². The van der Waals surface area contributed by atoms with Crippen LogP contribution >= 0.6 is 0 Å². The van der Waals surface area contributed by atoms with E-state index in [-0.39, 0.29) is 10.8 Å². The van der Waals surface area contributed by atoms with Gasteiger partial charge < -0.3 is 9.47 Å². The molecule has 0 N–H and O–H groups in total. The highest BCUT2D eigenvalue weighted by atomic mass is 15.1. The molecule has 1 aliphatic carbocycles. The molecule has 278 valence electrons. The fourth-order valence-electron chi connectivity index (χ4n) is 9.20. The summed E-state index contributed by atoms with van der Waals surface area (Å²) in [5.74, 6) is 0. The van der Waals surface area contributed by atoms with E-state index in [1.165, 1.54) is 89.1 Å². The van der Waals surface area contributed by atoms with Gasteiger partial charge in [0, 0.05) is 33.3 Å². The Hall–Kier alpha value is -5.86. The number of rotatable bonds is 9. The van der Waals surface area contributed by atoms with Gasteiger partial charge in [-0.2, -0.15) is 0 Å². The molecule has 2 nitrogen and oxygen atoms in total. The van der Waals surface area contributed by atoms with Crippen molar-refractivity contribution in [1.82, 2.24) is 4.57 Å². The van der Waals surface area contributed by atoms with Gasteiger partial charge in [-0.15, -0.1) is 0 Å². The predicted octanol–water partition coefficient (Wildman–Crippen LogP) is 14.9. The third kappa shape index (κ3) is 5.95. The van der Waals surface area contributed by atoms with E-state index < -0.39 is 0 Å². The molecule has 2 aliphatic rings. The summed E-state index contributed by atoms with van der Waals surface area (Å²) in [5, 5.41) is 2.58. The van der Waals surface area contributed by atoms with E-state index in [0.29, 0.717) is 0 Å². The number of para-hydroxylation sites is 1. The number of fused-ring (bicyclic) bond motifs is 5. The Labute approximate surface area is 333 Å². The molecule has 0 spiro atoms. The second kappa shape index (κ2) is 14.0. The summed E-state index contributed by atoms with van der Waals surface area (Å²) < 4.78 is 2.53. The summed E-state index contributed by atoms with van der Waals surface area (Å²) in [6.07, 6.45) is 15.3. The highest BCUT2D eigenvalue weighted by molar-refractivity contribution is 6.14. The minimum Gasteiger partial charge on any atom is -0.314 e. The molecule has 2 heteroatoms. The maximum Gasteiger partial charge on any atom is 0.0582 e. The number of aromatic nitrogens is 1. The molecule has 0 bridgehead atoms. The van der Waals surface area contributed by atoms with Crippen molar-refractivity contribution in [2.45, 2.75) is 78.1 Å². The number of benzene rings is 6. The van der Waals surface area contributed by atoms with Crippen LogP contribution in [-0.4, -0.2) is 4.57 Å². The average molecular weight is 729 g/mol. The Morgan fingerprint density at radius 1 is 0.714 bits per heavy atom. The van der Waals surface area contributed by atoms with Crippen LogP contribution in [0.2, 0.25) is 0 Å². The lowest BCUT2D eigenvalue weighted by atomic mass is 9.74. The van der Waals surface area contributed by atoms with Gasteiger partial charge in [0.25, 0.3) is 0 Å². The number of allylic oxidation sites excluding steroid dienone is 6. The SMILES string of the molecule is C/C=C\Cc1ccc(-c2ccc(N(C3=CC=CCC3)c3ccc4c(c3)c3cc(-c5ccccc5)cc5c3n4-c3ccccc3C5(C)C)cc2)cc1C(C)(C)CC. The summed E-state index contributed by atoms with van der Waals surface area (Å²) in [6, 6.07) is 48.2. The summed E-state index contributed by atoms with van der Waals surface area (Å²) in [4.78, 5) is 2.49. The molecule has 7 aromatic rings. The largest absolute Gasteiger partial charge is 0.314 e. The van der Waals surface area contributed by atoms with E-state index >= 15 is 0 Å². The van der Waals surface area contributed by atoms with Crippen LogP contribution in [0.3, 0.4) is 0 Å². The molecular formula is C54H52N2. The van der Waals surface area contributed by atoms with E-state index in [1.54, 1.807) is 0 Å². The van der Waals surface area contributed by atoms with Crippen LogP contribution in [0, 0.1) is 0 Å². The molecule has 0 atom stereocenters. The zero-order valence-corrected chi connectivity index (χ0v) is 33.7. The Bertz CT molecular complexity index is 2700. The minimum atomic E-state index is -0.153. The standard InChI is InChI=1S/C54H52N2/c1-7-9-18-39-25-26-40(34-48(39)53(3,4)8-2)38-27-29-43(30-28-38)55(42-21-14-11-15-22-42)44-31-32-50-45(36-44)46-33-41(37-19-12-10-13-20-37)35-49-52(46)56(50)51-24-17-16-23-47(51)54(49,5)6/h7,9-14,16-17,19-21,23-36H,8,15,18,22H2,1-6H3/b9-7-. The molecule has 0 fully saturated rings. The van der Waals surface area contributed by atoms with Crippen molar-refractivity contribution < 1.29 is 0 Å². The Morgan fingerprint density at radius 3 is 2.20 bits per heavy atom. The summed E-state index contributed by atoms with van der Waals surface area (Å²) in [7, 11) is 0. The molecule has 6 aromatic carbocycles. The topological polar surface area (TPSA) is 8.17 Å². The first-order valence-electron chi connectivity index (χ1n) is 20.5. The third-order valence-corrected chi connectivity index (χ3v) is 12.7. The lowest BCUT2D eigenvalue weighted by molar-refractivity contribution is 0.502. The number of hydrogen-bond donors (Lipinski definition) is 0. The molecule has 9 rings (SSSR count). The Balaban J connectivity index is 1.21. The van der Waals surface area contributed by atoms with Gasteiger partial charge in [0.2, 0.25) is 0 Å². The Kier molecular flexibility index (Phi) is 8.96. The van der Waals surface area contributed by atoms with Gasteiger partial charge in [0.15, 0.2) is 0 Å². The maximum atomic E-state index is 2.53. The van der Waals surface area contributed by atoms with Gasteiger partial charge in [-0.1, -0.05) is 138 Å². The Morgan fingerprint density at radius 2 is 1.45 bits per heavy atom. The molecule has 1 aromatic heterocycles. The number of hydrogen-bond acceptors (Lipinski definition) is 1. The lowest BCUT2D eigenvalue weighted by Gasteiger charge is -2.35. The quantitative estimate of drug-likeness (QED) is 0.134. The summed E-state index contributed by atoms with van der Waals surface area (Å²) in [6.45, 7) is 13.9. The van der Waals surface area contributed by atoms with Gasteiger partial charge in [-0.3, -0.25) is 0 Å². The third-order valence-electron chi connectivity index (χ3n) is 12.7. The minimum absolute atomic E-state index is 0.104. The first kappa shape index (κ1) is 35.8. The van der Waals surface area contributed by atoms with Crippen LogP contribution in [0.25, 0.3) is 49.7 Å². The van der Waals surface area contributed by atoms with Gasteiger partial charge in [-0.25, -0.2) is 0 Å². The fraction of sp³-hybridized carbons (Fsp3) is 0.222. The smallest absolute Gasteiger partial charge is 0.0582 e. The van der Waals surface area contributed by atoms with Crippen LogP contribution in [0.1, 0.15) is 83.1 Å². The van der Waals surface area contributed by atoms with Crippen molar-refractivity contribution in [2.75, 3.05) is 4.90 Å². The van der Waals surface area contributed by atoms with Crippen molar-refractivity contribution in [2.24, 2.45) is 0 Å². The normalized spacial score (nSPS) is 14.7. The van der Waals surface area contributed by atoms with Crippen LogP contribution in [0.5, 0.6) is 0 Å². The number of nitrogens with zero attached hydrogens (tertiary/aromatic N) is 2. The maximum absolute atomic E-state index is 2.53. The predicted molar refractivity (Wildman–Crippen MR) is 241 cm³/mol. The van der Waals surface area contributed by atoms with Gasteiger partial charge in [0.05, 0.1) is 16.7 Å². The molecule has 0 saturated heterocycles. The summed E-state index contributed by atoms with van der Waals surface area (Å²) in [5.41, 5.74) is 18.1. The van der Waals surface area contributed by atoms with Gasteiger partial charge in [-0.05, 0) is 137 Å². The first-order chi connectivity index (χ1) is 27.2. The van der Waals surface area contributed by atoms with Crippen molar-refractivity contribution >= 4 is 33.2 Å². The molecular weight excluding hydrogens is 677 g/mol. The van der Waals surface area contributed by atoms with Crippen molar-refractivity contribution in [3.05, 3.63) is 186 Å². The monoisotopic (exact) mass is 728 g/mol. The molecule has 0 amide bonds. The van der Waals surface area contributed by atoms with Gasteiger partial charge >= 0.3 is 0 Å². The number of anilines is 2. The lowest BCUT2D eigenvalue weighted by Crippen LogP contribution is -2.26. The van der Waals surface area contributed by atoms with E-state index in [2.05, 4.69) is 209 Å². The van der Waals surface area contributed by atoms with Crippen LogP contribution in [-0.2, 0) is 17.3 Å².